The number of nitrogens with zero attached hydrogens (tertiary/aromatic N) is 3. The predicted octanol–water partition coefficient (Wildman–Crippen LogP) is 3.00. The van der Waals surface area contributed by atoms with Crippen LogP contribution in [0.5, 0.6) is 0 Å². The maximum atomic E-state index is 13.8. The topological polar surface area (TPSA) is 67.5 Å². The van der Waals surface area contributed by atoms with Gasteiger partial charge >= 0.3 is 5.97 Å². The van der Waals surface area contributed by atoms with Gasteiger partial charge in [0, 0.05) is 28.6 Å². The number of halogens is 2. The molecule has 0 unspecified atom stereocenters. The Hall–Kier alpha value is -2.28. The average molecular weight is 336 g/mol. The largest absolute Gasteiger partial charge is 0.476 e. The third-order valence-corrected chi connectivity index (χ3v) is 3.28. The normalized spacial score (nSPS) is 10.9. The first-order valence-electron chi connectivity index (χ1n) is 5.58. The van der Waals surface area contributed by atoms with E-state index >= 15 is 0 Å². The SMILES string of the molecule is O=C(O)c1nccn2cc(-c3cc(Br)ccc3F)nc12. The monoisotopic (exact) mass is 335 g/mol. The maximum Gasteiger partial charge on any atom is 0.358 e. The first kappa shape index (κ1) is 12.7. The van der Waals surface area contributed by atoms with E-state index in [2.05, 4.69) is 25.9 Å². The van der Waals surface area contributed by atoms with Gasteiger partial charge in [0.25, 0.3) is 0 Å². The van der Waals surface area contributed by atoms with Crippen LogP contribution in [-0.4, -0.2) is 25.4 Å². The highest BCUT2D eigenvalue weighted by atomic mass is 79.9. The number of imidazole rings is 1. The molecule has 0 spiro atoms. The van der Waals surface area contributed by atoms with E-state index in [0.717, 1.165) is 0 Å². The Kier molecular flexibility index (Phi) is 2.98. The lowest BCUT2D eigenvalue weighted by molar-refractivity contribution is 0.0692. The van der Waals surface area contributed by atoms with Gasteiger partial charge in [0.05, 0.1) is 5.69 Å². The molecule has 2 aromatic heterocycles. The quantitative estimate of drug-likeness (QED) is 0.781. The fourth-order valence-corrected chi connectivity index (χ4v) is 2.26. The Morgan fingerprint density at radius 2 is 2.20 bits per heavy atom. The molecule has 3 aromatic rings. The minimum atomic E-state index is -1.18. The molecule has 5 nitrogen and oxygen atoms in total. The van der Waals surface area contributed by atoms with Gasteiger partial charge in [-0.3, -0.25) is 0 Å². The second-order valence-electron chi connectivity index (χ2n) is 4.06. The van der Waals surface area contributed by atoms with Crippen LogP contribution in [0, 0.1) is 5.82 Å². The first-order chi connectivity index (χ1) is 9.56. The van der Waals surface area contributed by atoms with Gasteiger partial charge in [-0.2, -0.15) is 0 Å². The second-order valence-corrected chi connectivity index (χ2v) is 4.98. The molecule has 0 atom stereocenters. The van der Waals surface area contributed by atoms with E-state index in [1.165, 1.54) is 16.7 Å². The average Bonchev–Trinajstić information content (AvgIpc) is 2.84. The summed E-state index contributed by atoms with van der Waals surface area (Å²) >= 11 is 3.27. The van der Waals surface area contributed by atoms with Gasteiger partial charge in [0.2, 0.25) is 0 Å². The molecule has 2 heterocycles. The van der Waals surface area contributed by atoms with E-state index in [0.29, 0.717) is 15.7 Å². The van der Waals surface area contributed by atoms with Gasteiger partial charge in [-0.25, -0.2) is 19.2 Å². The molecule has 0 amide bonds. The molecule has 0 bridgehead atoms. The Morgan fingerprint density at radius 1 is 1.40 bits per heavy atom. The van der Waals surface area contributed by atoms with Crippen molar-refractivity contribution in [2.75, 3.05) is 0 Å². The van der Waals surface area contributed by atoms with Crippen molar-refractivity contribution >= 4 is 27.5 Å². The van der Waals surface area contributed by atoms with Crippen LogP contribution >= 0.6 is 15.9 Å². The van der Waals surface area contributed by atoms with Crippen LogP contribution in [0.2, 0.25) is 0 Å². The molecule has 0 aliphatic carbocycles. The highest BCUT2D eigenvalue weighted by Crippen LogP contribution is 2.26. The molecule has 0 saturated heterocycles. The summed E-state index contributed by atoms with van der Waals surface area (Å²) in [6.07, 6.45) is 4.49. The van der Waals surface area contributed by atoms with E-state index in [1.54, 1.807) is 24.5 Å². The van der Waals surface area contributed by atoms with Crippen LogP contribution in [0.1, 0.15) is 10.5 Å². The van der Waals surface area contributed by atoms with Crippen molar-refractivity contribution in [3.8, 4) is 11.3 Å². The van der Waals surface area contributed by atoms with Gasteiger partial charge in [-0.05, 0) is 18.2 Å². The van der Waals surface area contributed by atoms with E-state index in [4.69, 9.17) is 5.11 Å². The molecular weight excluding hydrogens is 329 g/mol. The lowest BCUT2D eigenvalue weighted by Crippen LogP contribution is -2.03. The fourth-order valence-electron chi connectivity index (χ4n) is 1.89. The molecule has 3 rings (SSSR count). The molecule has 0 fully saturated rings. The number of rotatable bonds is 2. The van der Waals surface area contributed by atoms with Crippen LogP contribution in [0.3, 0.4) is 0 Å². The van der Waals surface area contributed by atoms with E-state index in [-0.39, 0.29) is 11.3 Å². The van der Waals surface area contributed by atoms with Crippen molar-refractivity contribution in [3.63, 3.8) is 0 Å². The summed E-state index contributed by atoms with van der Waals surface area (Å²) in [6, 6.07) is 4.49. The van der Waals surface area contributed by atoms with E-state index in [1.807, 2.05) is 0 Å². The highest BCUT2D eigenvalue weighted by Gasteiger charge is 2.16. The maximum absolute atomic E-state index is 13.8. The molecule has 0 saturated carbocycles. The van der Waals surface area contributed by atoms with Crippen LogP contribution in [-0.2, 0) is 0 Å². The summed E-state index contributed by atoms with van der Waals surface area (Å²) < 4.78 is 16.1. The van der Waals surface area contributed by atoms with Crippen molar-refractivity contribution in [2.45, 2.75) is 0 Å². The lowest BCUT2D eigenvalue weighted by Gasteiger charge is -1.99. The minimum Gasteiger partial charge on any atom is -0.476 e. The standard InChI is InChI=1S/C13H7BrFN3O2/c14-7-1-2-9(15)8(5-7)10-6-18-4-3-16-11(13(19)20)12(18)17-10/h1-6H,(H,19,20). The van der Waals surface area contributed by atoms with E-state index in [9.17, 15) is 9.18 Å². The number of carboxylic acids is 1. The summed E-state index contributed by atoms with van der Waals surface area (Å²) in [5.74, 6) is -1.61. The summed E-state index contributed by atoms with van der Waals surface area (Å²) in [5, 5.41) is 9.06. The third kappa shape index (κ3) is 2.05. The van der Waals surface area contributed by atoms with Gasteiger partial charge in [-0.1, -0.05) is 15.9 Å². The lowest BCUT2D eigenvalue weighted by atomic mass is 10.1. The Balaban J connectivity index is 2.26. The Morgan fingerprint density at radius 3 is 2.95 bits per heavy atom. The van der Waals surface area contributed by atoms with Gasteiger partial charge in [0.15, 0.2) is 11.3 Å². The zero-order valence-electron chi connectivity index (χ0n) is 9.92. The smallest absolute Gasteiger partial charge is 0.358 e. The molecule has 0 aliphatic rings. The van der Waals surface area contributed by atoms with Crippen LogP contribution in [0.4, 0.5) is 4.39 Å². The first-order valence-corrected chi connectivity index (χ1v) is 6.38. The van der Waals surface area contributed by atoms with Crippen molar-refractivity contribution in [1.29, 1.82) is 0 Å². The Bertz CT molecular complexity index is 832. The van der Waals surface area contributed by atoms with Gasteiger partial charge in [-0.15, -0.1) is 0 Å². The summed E-state index contributed by atoms with van der Waals surface area (Å²) in [5.41, 5.74) is 0.641. The summed E-state index contributed by atoms with van der Waals surface area (Å²) in [7, 11) is 0. The number of hydrogen-bond donors (Lipinski definition) is 1. The summed E-state index contributed by atoms with van der Waals surface area (Å²) in [6.45, 7) is 0. The zero-order valence-corrected chi connectivity index (χ0v) is 11.5. The number of carboxylic acid groups (broad SMARTS) is 1. The molecule has 7 heteroatoms. The van der Waals surface area contributed by atoms with Gasteiger partial charge < -0.3 is 9.51 Å². The minimum absolute atomic E-state index is 0.172. The van der Waals surface area contributed by atoms with E-state index < -0.39 is 11.8 Å². The van der Waals surface area contributed by atoms with Crippen molar-refractivity contribution in [1.82, 2.24) is 14.4 Å². The third-order valence-electron chi connectivity index (χ3n) is 2.78. The number of aromatic carboxylic acids is 1. The number of hydrogen-bond acceptors (Lipinski definition) is 3. The van der Waals surface area contributed by atoms with Crippen LogP contribution in [0.15, 0.2) is 41.3 Å². The van der Waals surface area contributed by atoms with Gasteiger partial charge in [0.1, 0.15) is 5.82 Å². The van der Waals surface area contributed by atoms with Crippen molar-refractivity contribution in [2.24, 2.45) is 0 Å². The predicted molar refractivity (Wildman–Crippen MR) is 73.0 cm³/mol. The number of benzene rings is 1. The zero-order chi connectivity index (χ0) is 14.3. The number of aromatic nitrogens is 3. The molecule has 20 heavy (non-hydrogen) atoms. The fraction of sp³-hybridized carbons (Fsp3) is 0. The molecule has 0 aliphatic heterocycles. The highest BCUT2D eigenvalue weighted by molar-refractivity contribution is 9.10. The molecule has 1 N–H and O–H groups in total. The molecule has 0 radical (unpaired) electrons. The molecule has 100 valence electrons. The second kappa shape index (κ2) is 4.68. The van der Waals surface area contributed by atoms with Crippen molar-refractivity contribution in [3.05, 3.63) is 52.8 Å². The van der Waals surface area contributed by atoms with Crippen molar-refractivity contribution < 1.29 is 14.3 Å². The Labute approximate surface area is 120 Å². The molecule has 1 aromatic carbocycles. The molecular formula is C13H7BrFN3O2. The summed E-state index contributed by atoms with van der Waals surface area (Å²) in [4.78, 5) is 19.0. The number of fused-ring (bicyclic) bond motifs is 1. The van der Waals surface area contributed by atoms with Crippen LogP contribution < -0.4 is 0 Å². The number of carbonyl (C=O) groups is 1. The van der Waals surface area contributed by atoms with Crippen LogP contribution in [0.25, 0.3) is 16.9 Å².